The van der Waals surface area contributed by atoms with E-state index < -0.39 is 0 Å². The molecule has 9 aromatic carbocycles. The van der Waals surface area contributed by atoms with Gasteiger partial charge in [0.25, 0.3) is 0 Å². The minimum absolute atomic E-state index is 0.0658. The third kappa shape index (κ3) is 16.0. The highest BCUT2D eigenvalue weighted by molar-refractivity contribution is 5.99. The summed E-state index contributed by atoms with van der Waals surface area (Å²) in [5.74, 6) is 0.854. The van der Waals surface area contributed by atoms with Gasteiger partial charge < -0.3 is 35.7 Å². The third-order valence-corrected chi connectivity index (χ3v) is 17.7. The summed E-state index contributed by atoms with van der Waals surface area (Å²) in [5, 5.41) is 75.1. The SMILES string of the molecule is CCC(C)(C)c1cc(C)c(O)c(C)c1.CCC(C)(C)c1ccc(O)c(C)c1.CCC(C)(C)c1ccc2cc(O)c(O)cc2c1.CCC(C)(C)c1ccc2cc(O)ccc2c1.CCC(C)(C)c1ccc2cc3cc(O)c(O)cc3cc2c1. The van der Waals surface area contributed by atoms with Gasteiger partial charge in [0.2, 0.25) is 0 Å². The van der Waals surface area contributed by atoms with Crippen LogP contribution in [0.15, 0.2) is 140 Å². The van der Waals surface area contributed by atoms with Crippen LogP contribution in [0.4, 0.5) is 0 Å². The zero-order valence-electron chi connectivity index (χ0n) is 51.9. The van der Waals surface area contributed by atoms with Crippen LogP contribution in [0.3, 0.4) is 0 Å². The molecule has 0 radical (unpaired) electrons. The third-order valence-electron chi connectivity index (χ3n) is 17.7. The first-order valence-corrected chi connectivity index (χ1v) is 28.9. The molecule has 0 aliphatic rings. The fourth-order valence-electron chi connectivity index (χ4n) is 9.24. The van der Waals surface area contributed by atoms with Gasteiger partial charge in [-0.1, -0.05) is 189 Å². The summed E-state index contributed by atoms with van der Waals surface area (Å²) in [6, 6.07) is 45.2. The van der Waals surface area contributed by atoms with Crippen LogP contribution in [0, 0.1) is 20.8 Å². The lowest BCUT2D eigenvalue weighted by molar-refractivity contribution is 0.405. The van der Waals surface area contributed by atoms with Crippen molar-refractivity contribution < 1.29 is 35.7 Å². The number of aryl methyl sites for hydroxylation is 3. The Morgan fingerprint density at radius 2 is 0.506 bits per heavy atom. The highest BCUT2D eigenvalue weighted by atomic mass is 16.3. The number of hydrogen-bond acceptors (Lipinski definition) is 7. The van der Waals surface area contributed by atoms with Gasteiger partial charge >= 0.3 is 0 Å². The number of benzene rings is 9. The molecule has 0 aliphatic heterocycles. The highest BCUT2D eigenvalue weighted by Crippen LogP contribution is 2.38. The lowest BCUT2D eigenvalue weighted by Gasteiger charge is -2.24. The second-order valence-corrected chi connectivity index (χ2v) is 25.4. The molecule has 0 fully saturated rings. The predicted molar refractivity (Wildman–Crippen MR) is 345 cm³/mol. The average molecular weight is 1100 g/mol. The molecule has 0 spiro atoms. The van der Waals surface area contributed by atoms with E-state index in [0.29, 0.717) is 17.2 Å². The maximum absolute atomic E-state index is 9.67. The van der Waals surface area contributed by atoms with Crippen LogP contribution in [0.5, 0.6) is 40.2 Å². The van der Waals surface area contributed by atoms with E-state index in [-0.39, 0.29) is 50.1 Å². The van der Waals surface area contributed by atoms with Gasteiger partial charge in [0, 0.05) is 0 Å². The number of aromatic hydroxyl groups is 7. The van der Waals surface area contributed by atoms with Gasteiger partial charge in [-0.3, -0.25) is 0 Å². The average Bonchev–Trinajstić information content (AvgIpc) is 3.44. The van der Waals surface area contributed by atoms with E-state index in [0.717, 1.165) is 86.5 Å². The molecule has 7 nitrogen and oxygen atoms in total. The highest BCUT2D eigenvalue weighted by Gasteiger charge is 2.23. The summed E-state index contributed by atoms with van der Waals surface area (Å²) < 4.78 is 0. The van der Waals surface area contributed by atoms with Crippen molar-refractivity contribution in [2.75, 3.05) is 0 Å². The first kappa shape index (κ1) is 64.4. The van der Waals surface area contributed by atoms with Gasteiger partial charge in [-0.05, 0) is 222 Å². The molecule has 0 amide bonds. The zero-order valence-corrected chi connectivity index (χ0v) is 51.9. The van der Waals surface area contributed by atoms with Crippen molar-refractivity contribution in [2.45, 2.75) is 184 Å². The van der Waals surface area contributed by atoms with Gasteiger partial charge in [-0.2, -0.15) is 0 Å². The molecule has 7 N–H and O–H groups in total. The summed E-state index contributed by atoms with van der Waals surface area (Å²) in [6.07, 6.45) is 5.48. The number of rotatable bonds is 10. The fourth-order valence-corrected chi connectivity index (χ4v) is 9.24. The molecule has 0 saturated carbocycles. The summed E-state index contributed by atoms with van der Waals surface area (Å²) >= 11 is 0. The minimum atomic E-state index is -0.0782. The largest absolute Gasteiger partial charge is 0.508 e. The summed E-state index contributed by atoms with van der Waals surface area (Å²) in [7, 11) is 0. The van der Waals surface area contributed by atoms with E-state index in [2.05, 4.69) is 177 Å². The van der Waals surface area contributed by atoms with E-state index in [1.165, 1.54) is 33.2 Å². The molecule has 7 heteroatoms. The maximum atomic E-state index is 9.67. The summed E-state index contributed by atoms with van der Waals surface area (Å²) in [4.78, 5) is 0. The van der Waals surface area contributed by atoms with E-state index >= 15 is 0 Å². The molecule has 0 saturated heterocycles. The van der Waals surface area contributed by atoms with Crippen LogP contribution in [-0.2, 0) is 27.1 Å². The van der Waals surface area contributed by atoms with Gasteiger partial charge in [0.15, 0.2) is 23.0 Å². The van der Waals surface area contributed by atoms with E-state index in [1.54, 1.807) is 42.5 Å². The maximum Gasteiger partial charge on any atom is 0.158 e. The lowest BCUT2D eigenvalue weighted by atomic mass is 9.81. The van der Waals surface area contributed by atoms with Gasteiger partial charge in [0.05, 0.1) is 0 Å². The van der Waals surface area contributed by atoms with Crippen molar-refractivity contribution in [2.24, 2.45) is 0 Å². The fraction of sp³-hybridized carbons (Fsp3) is 0.378. The second-order valence-electron chi connectivity index (χ2n) is 25.4. The quantitative estimate of drug-likeness (QED) is 0.0534. The van der Waals surface area contributed by atoms with Crippen molar-refractivity contribution in [1.82, 2.24) is 0 Å². The topological polar surface area (TPSA) is 142 Å². The molecule has 9 rings (SSSR count). The lowest BCUT2D eigenvalue weighted by Crippen LogP contribution is -2.15. The van der Waals surface area contributed by atoms with Gasteiger partial charge in [0.1, 0.15) is 17.2 Å². The van der Waals surface area contributed by atoms with Crippen LogP contribution in [0.25, 0.3) is 43.1 Å². The molecular weight excluding hydrogens is 1000 g/mol. The normalized spacial score (nSPS) is 11.9. The standard InChI is InChI=1S/C19H20O2.C15H18O2.C15H18O.C13H20O.C12H18O/c1-4-19(2,3)16-6-5-12-7-14-10-17(20)18(21)11-15(14)8-13(12)9-16;1-4-15(2,3)12-6-5-10-8-13(16)14(17)9-11(10)7-12;1-4-15(2,3)13-7-5-12-10-14(16)8-6-11(12)9-13;1-6-13(4,5)11-7-9(2)12(14)10(3)8-11;1-5-12(3,4)10-6-7-11(13)9(2)8-10/h5-11,20-21H,4H2,1-3H3;5-9,16-17H,4H2,1-3H3;5-10,16H,4H2,1-3H3;7-8,14H,6H2,1-5H3;6-8,13H,5H2,1-4H3. The molecular formula is C74H94O7. The van der Waals surface area contributed by atoms with Crippen molar-refractivity contribution in [3.63, 3.8) is 0 Å². The van der Waals surface area contributed by atoms with E-state index in [9.17, 15) is 35.7 Å². The minimum Gasteiger partial charge on any atom is -0.508 e. The molecule has 0 unspecified atom stereocenters. The van der Waals surface area contributed by atoms with Crippen molar-refractivity contribution in [3.05, 3.63) is 184 Å². The molecule has 432 valence electrons. The van der Waals surface area contributed by atoms with Gasteiger partial charge in [-0.25, -0.2) is 0 Å². The Kier molecular flexibility index (Phi) is 20.7. The van der Waals surface area contributed by atoms with E-state index in [4.69, 9.17) is 0 Å². The first-order valence-electron chi connectivity index (χ1n) is 28.9. The monoisotopic (exact) mass is 1090 g/mol. The van der Waals surface area contributed by atoms with Crippen LogP contribution >= 0.6 is 0 Å². The van der Waals surface area contributed by atoms with Crippen molar-refractivity contribution in [1.29, 1.82) is 0 Å². The Balaban J connectivity index is 0.000000188. The first-order chi connectivity index (χ1) is 37.7. The number of phenolic OH excluding ortho intramolecular Hbond substituents is 7. The predicted octanol–water partition coefficient (Wildman–Crippen LogP) is 20.3. The molecule has 0 aromatic heterocycles. The molecule has 0 atom stereocenters. The van der Waals surface area contributed by atoms with Crippen LogP contribution in [0.1, 0.15) is 180 Å². The Hall–Kier alpha value is -7.38. The molecule has 9 aromatic rings. The second kappa shape index (κ2) is 26.0. The van der Waals surface area contributed by atoms with E-state index in [1.807, 2.05) is 45.0 Å². The zero-order chi connectivity index (χ0) is 60.6. The molecule has 0 bridgehead atoms. The molecule has 81 heavy (non-hydrogen) atoms. The van der Waals surface area contributed by atoms with Gasteiger partial charge in [-0.15, -0.1) is 0 Å². The Morgan fingerprint density at radius 3 is 0.901 bits per heavy atom. The Bertz CT molecular complexity index is 3590. The van der Waals surface area contributed by atoms with Crippen LogP contribution in [0.2, 0.25) is 0 Å². The molecule has 0 aliphatic carbocycles. The molecule has 0 heterocycles. The Morgan fingerprint density at radius 1 is 0.247 bits per heavy atom. The Labute approximate surface area is 484 Å². The summed E-state index contributed by atoms with van der Waals surface area (Å²) in [6.45, 7) is 39.1. The van der Waals surface area contributed by atoms with Crippen molar-refractivity contribution in [3.8, 4) is 40.2 Å². The smallest absolute Gasteiger partial charge is 0.158 e. The number of phenols is 7. The number of fused-ring (bicyclic) bond motifs is 4. The van der Waals surface area contributed by atoms with Crippen LogP contribution < -0.4 is 0 Å². The number of hydrogen-bond donors (Lipinski definition) is 7. The van der Waals surface area contributed by atoms with Crippen LogP contribution in [-0.4, -0.2) is 35.7 Å². The summed E-state index contributed by atoms with van der Waals surface area (Å²) in [5.41, 5.74) is 10.3. The van der Waals surface area contributed by atoms with Crippen molar-refractivity contribution >= 4 is 43.1 Å².